The normalized spacial score (nSPS) is 14.6. The monoisotopic (exact) mass is 346 g/mol. The van der Waals surface area contributed by atoms with Gasteiger partial charge in [-0.1, -0.05) is 6.42 Å². The van der Waals surface area contributed by atoms with E-state index in [1.165, 1.54) is 0 Å². The van der Waals surface area contributed by atoms with Gasteiger partial charge in [0.25, 0.3) is 0 Å². The summed E-state index contributed by atoms with van der Waals surface area (Å²) in [7, 11) is 0. The Morgan fingerprint density at radius 1 is 0.875 bits per heavy atom. The predicted molar refractivity (Wildman–Crippen MR) is 89.4 cm³/mol. The molecule has 0 bridgehead atoms. The number of unbranched alkanes of at least 4 members (excludes halogenated alkanes) is 2. The van der Waals surface area contributed by atoms with Gasteiger partial charge in [-0.2, -0.15) is 0 Å². The molecule has 0 radical (unpaired) electrons. The van der Waals surface area contributed by atoms with Crippen molar-refractivity contribution < 1.29 is 24.6 Å². The largest absolute Gasteiger partial charge is 0.480 e. The highest BCUT2D eigenvalue weighted by atomic mass is 16.4. The van der Waals surface area contributed by atoms with Gasteiger partial charge >= 0.3 is 11.9 Å². The van der Waals surface area contributed by atoms with Gasteiger partial charge in [-0.3, -0.25) is 14.4 Å². The minimum absolute atomic E-state index is 0.125. The van der Waals surface area contributed by atoms with E-state index in [1.807, 2.05) is 0 Å². The van der Waals surface area contributed by atoms with Gasteiger partial charge < -0.3 is 32.3 Å². The number of hydrogen-bond acceptors (Lipinski definition) is 6. The van der Waals surface area contributed by atoms with Gasteiger partial charge in [0.1, 0.15) is 12.1 Å². The zero-order valence-corrected chi connectivity index (χ0v) is 14.2. The fraction of sp³-hybridized carbons (Fsp3) is 0.800. The molecule has 0 aliphatic heterocycles. The molecule has 140 valence electrons. The summed E-state index contributed by atoms with van der Waals surface area (Å²) >= 11 is 0. The van der Waals surface area contributed by atoms with Crippen LogP contribution in [0.1, 0.15) is 45.4 Å². The molecule has 9 nitrogen and oxygen atoms in total. The number of carbonyl (C=O) groups is 3. The standard InChI is InChI=1S/C15H30N4O5/c1-10(18-8-4-2-6-11(16)14(21)22)13(20)19-9-5-3-7-12(17)15(23)24/h10-12,18H,2-9,16-17H2,1H3,(H,19,20)(H,21,22)(H,23,24)/t10?,11-,12-/m0/s1. The molecule has 0 aliphatic carbocycles. The lowest BCUT2D eigenvalue weighted by Gasteiger charge is -2.14. The van der Waals surface area contributed by atoms with Crippen molar-refractivity contribution >= 4 is 17.8 Å². The summed E-state index contributed by atoms with van der Waals surface area (Å²) in [5, 5.41) is 23.1. The molecule has 1 unspecified atom stereocenters. The third-order valence-electron chi connectivity index (χ3n) is 3.66. The molecule has 0 rings (SSSR count). The van der Waals surface area contributed by atoms with Gasteiger partial charge in [-0.05, 0) is 45.6 Å². The summed E-state index contributed by atoms with van der Waals surface area (Å²) in [5.74, 6) is -2.14. The smallest absolute Gasteiger partial charge is 0.320 e. The van der Waals surface area contributed by atoms with Gasteiger partial charge in [0.2, 0.25) is 5.91 Å². The fourth-order valence-corrected chi connectivity index (χ4v) is 2.00. The molecule has 0 aromatic heterocycles. The first-order chi connectivity index (χ1) is 11.3. The quantitative estimate of drug-likeness (QED) is 0.223. The minimum Gasteiger partial charge on any atom is -0.480 e. The molecular weight excluding hydrogens is 316 g/mol. The van der Waals surface area contributed by atoms with E-state index in [0.717, 1.165) is 6.42 Å². The van der Waals surface area contributed by atoms with Crippen LogP contribution in [0.2, 0.25) is 0 Å². The van der Waals surface area contributed by atoms with Crippen molar-refractivity contribution in [2.24, 2.45) is 11.5 Å². The van der Waals surface area contributed by atoms with Crippen molar-refractivity contribution in [3.8, 4) is 0 Å². The number of rotatable bonds is 14. The lowest BCUT2D eigenvalue weighted by Crippen LogP contribution is -2.42. The van der Waals surface area contributed by atoms with Crippen LogP contribution in [0.15, 0.2) is 0 Å². The SMILES string of the molecule is CC(NCCCC[C@H](N)C(=O)O)C(=O)NCCCC[C@H](N)C(=O)O. The first-order valence-corrected chi connectivity index (χ1v) is 8.23. The second kappa shape index (κ2) is 12.7. The Morgan fingerprint density at radius 3 is 1.79 bits per heavy atom. The zero-order valence-electron chi connectivity index (χ0n) is 14.2. The molecule has 0 aromatic rings. The van der Waals surface area contributed by atoms with Crippen molar-refractivity contribution in [1.29, 1.82) is 0 Å². The molecule has 0 spiro atoms. The average Bonchev–Trinajstić information content (AvgIpc) is 2.52. The summed E-state index contributed by atoms with van der Waals surface area (Å²) in [6, 6.07) is -2.03. The molecular formula is C15H30N4O5. The third kappa shape index (κ3) is 10.9. The maximum absolute atomic E-state index is 11.8. The maximum atomic E-state index is 11.8. The van der Waals surface area contributed by atoms with Crippen LogP contribution in [0, 0.1) is 0 Å². The summed E-state index contributed by atoms with van der Waals surface area (Å²) in [4.78, 5) is 32.9. The van der Waals surface area contributed by atoms with Gasteiger partial charge in [-0.25, -0.2) is 0 Å². The van der Waals surface area contributed by atoms with E-state index in [9.17, 15) is 14.4 Å². The predicted octanol–water partition coefficient (Wildman–Crippen LogP) is -0.755. The van der Waals surface area contributed by atoms with Gasteiger partial charge in [0.05, 0.1) is 6.04 Å². The van der Waals surface area contributed by atoms with E-state index in [2.05, 4.69) is 10.6 Å². The van der Waals surface area contributed by atoms with Crippen LogP contribution in [-0.2, 0) is 14.4 Å². The fourth-order valence-electron chi connectivity index (χ4n) is 2.00. The lowest BCUT2D eigenvalue weighted by atomic mass is 10.1. The first-order valence-electron chi connectivity index (χ1n) is 8.23. The molecule has 0 aliphatic rings. The van der Waals surface area contributed by atoms with Crippen molar-refractivity contribution in [2.75, 3.05) is 13.1 Å². The highest BCUT2D eigenvalue weighted by Gasteiger charge is 2.13. The second-order valence-electron chi connectivity index (χ2n) is 5.85. The van der Waals surface area contributed by atoms with E-state index in [1.54, 1.807) is 6.92 Å². The van der Waals surface area contributed by atoms with E-state index < -0.39 is 24.0 Å². The Bertz CT molecular complexity index is 405. The summed E-state index contributed by atoms with van der Waals surface area (Å²) < 4.78 is 0. The molecule has 1 amide bonds. The number of carboxylic acids is 2. The van der Waals surface area contributed by atoms with E-state index in [4.69, 9.17) is 21.7 Å². The van der Waals surface area contributed by atoms with E-state index in [0.29, 0.717) is 45.2 Å². The molecule has 8 N–H and O–H groups in total. The van der Waals surface area contributed by atoms with E-state index in [-0.39, 0.29) is 11.9 Å². The number of amides is 1. The molecule has 0 saturated heterocycles. The third-order valence-corrected chi connectivity index (χ3v) is 3.66. The Morgan fingerprint density at radius 2 is 1.33 bits per heavy atom. The second-order valence-corrected chi connectivity index (χ2v) is 5.85. The number of nitrogens with one attached hydrogen (secondary N) is 2. The lowest BCUT2D eigenvalue weighted by molar-refractivity contribution is -0.139. The summed E-state index contributed by atoms with van der Waals surface area (Å²) in [6.07, 6.45) is 3.53. The summed E-state index contributed by atoms with van der Waals surface area (Å²) in [5.41, 5.74) is 10.8. The maximum Gasteiger partial charge on any atom is 0.320 e. The van der Waals surface area contributed by atoms with Gasteiger partial charge in [0, 0.05) is 6.54 Å². The van der Waals surface area contributed by atoms with Gasteiger partial charge in [0.15, 0.2) is 0 Å². The molecule has 0 saturated carbocycles. The van der Waals surface area contributed by atoms with Crippen molar-refractivity contribution in [3.63, 3.8) is 0 Å². The minimum atomic E-state index is -1.01. The Labute approximate surface area is 142 Å². The Hall–Kier alpha value is -1.71. The summed E-state index contributed by atoms with van der Waals surface area (Å²) in [6.45, 7) is 2.83. The highest BCUT2D eigenvalue weighted by molar-refractivity contribution is 5.81. The molecule has 3 atom stereocenters. The zero-order chi connectivity index (χ0) is 18.5. The first kappa shape index (κ1) is 22.3. The van der Waals surface area contributed by atoms with Crippen molar-refractivity contribution in [1.82, 2.24) is 10.6 Å². The van der Waals surface area contributed by atoms with Crippen LogP contribution in [0.3, 0.4) is 0 Å². The van der Waals surface area contributed by atoms with Crippen LogP contribution in [0.5, 0.6) is 0 Å². The molecule has 24 heavy (non-hydrogen) atoms. The molecule has 0 heterocycles. The number of carbonyl (C=O) groups excluding carboxylic acids is 1. The number of aliphatic carboxylic acids is 2. The van der Waals surface area contributed by atoms with E-state index >= 15 is 0 Å². The number of carboxylic acid groups (broad SMARTS) is 2. The van der Waals surface area contributed by atoms with Crippen molar-refractivity contribution in [2.45, 2.75) is 63.6 Å². The van der Waals surface area contributed by atoms with Crippen molar-refractivity contribution in [3.05, 3.63) is 0 Å². The highest BCUT2D eigenvalue weighted by Crippen LogP contribution is 2.00. The Kier molecular flexibility index (Phi) is 11.8. The number of hydrogen-bond donors (Lipinski definition) is 6. The van der Waals surface area contributed by atoms with Crippen LogP contribution in [-0.4, -0.2) is 59.3 Å². The van der Waals surface area contributed by atoms with Crippen LogP contribution in [0.4, 0.5) is 0 Å². The molecule has 0 fully saturated rings. The van der Waals surface area contributed by atoms with Crippen LogP contribution in [0.25, 0.3) is 0 Å². The van der Waals surface area contributed by atoms with Crippen LogP contribution < -0.4 is 22.1 Å². The average molecular weight is 346 g/mol. The molecule has 0 aromatic carbocycles. The van der Waals surface area contributed by atoms with Gasteiger partial charge in [-0.15, -0.1) is 0 Å². The topological polar surface area (TPSA) is 168 Å². The van der Waals surface area contributed by atoms with Crippen LogP contribution >= 0.6 is 0 Å². The molecule has 9 heteroatoms. The number of nitrogens with two attached hydrogens (primary N) is 2. The Balaban J connectivity index is 3.63.